The molecule has 176 valence electrons. The fraction of sp³-hybridized carbons (Fsp3) is 0.154. The van der Waals surface area contributed by atoms with E-state index in [4.69, 9.17) is 9.47 Å². The third-order valence-corrected chi connectivity index (χ3v) is 4.69. The molecule has 3 aromatic carbocycles. The lowest BCUT2D eigenvalue weighted by Gasteiger charge is -2.13. The van der Waals surface area contributed by atoms with E-state index in [1.165, 1.54) is 49.6 Å². The first-order valence-corrected chi connectivity index (χ1v) is 10.6. The number of carbonyl (C=O) groups is 2. The van der Waals surface area contributed by atoms with Crippen molar-refractivity contribution in [2.24, 2.45) is 0 Å². The smallest absolute Gasteiger partial charge is 0.261 e. The fourth-order valence-corrected chi connectivity index (χ4v) is 3.01. The summed E-state index contributed by atoms with van der Waals surface area (Å²) >= 11 is 0. The van der Waals surface area contributed by atoms with Gasteiger partial charge in [0.25, 0.3) is 11.8 Å². The summed E-state index contributed by atoms with van der Waals surface area (Å²) in [6.07, 6.45) is 2.11. The number of hydrogen-bond acceptors (Lipinski definition) is 4. The highest BCUT2D eigenvalue weighted by Gasteiger charge is 2.21. The molecule has 0 aliphatic carbocycles. The van der Waals surface area contributed by atoms with E-state index in [1.807, 2.05) is 6.92 Å². The minimum absolute atomic E-state index is 0.0991. The molecule has 0 unspecified atom stereocenters. The minimum Gasteiger partial charge on any atom is -0.493 e. The molecule has 3 rings (SSSR count). The number of anilines is 2. The van der Waals surface area contributed by atoms with E-state index in [9.17, 15) is 18.4 Å². The Bertz CT molecular complexity index is 1150. The molecule has 0 spiro atoms. The van der Waals surface area contributed by atoms with Crippen molar-refractivity contribution in [2.75, 3.05) is 24.4 Å². The van der Waals surface area contributed by atoms with Gasteiger partial charge in [0, 0.05) is 0 Å². The predicted molar refractivity (Wildman–Crippen MR) is 127 cm³/mol. The average Bonchev–Trinajstić information content (AvgIpc) is 2.84. The fourth-order valence-electron chi connectivity index (χ4n) is 3.01. The van der Waals surface area contributed by atoms with Crippen LogP contribution in [0.25, 0.3) is 6.08 Å². The number of methoxy groups -OCH3 is 1. The molecule has 0 saturated carbocycles. The molecule has 2 N–H and O–H groups in total. The Morgan fingerprint density at radius 1 is 0.853 bits per heavy atom. The van der Waals surface area contributed by atoms with Crippen LogP contribution in [-0.4, -0.2) is 25.5 Å². The van der Waals surface area contributed by atoms with Crippen LogP contribution in [0.3, 0.4) is 0 Å². The number of ether oxygens (including phenoxy) is 2. The third-order valence-electron chi connectivity index (χ3n) is 4.69. The van der Waals surface area contributed by atoms with E-state index in [-0.39, 0.29) is 16.9 Å². The Balaban J connectivity index is 1.97. The van der Waals surface area contributed by atoms with Gasteiger partial charge in [-0.3, -0.25) is 9.59 Å². The number of hydrogen-bond donors (Lipinski definition) is 2. The van der Waals surface area contributed by atoms with E-state index in [1.54, 1.807) is 30.3 Å². The molecule has 0 atom stereocenters. The largest absolute Gasteiger partial charge is 0.493 e. The first-order valence-electron chi connectivity index (χ1n) is 10.6. The normalized spacial score (nSPS) is 10.2. The molecule has 6 nitrogen and oxygen atoms in total. The standard InChI is InChI=1S/C26H24F2N2O4/c1-3-14-34-23-13-12-17(16-24(23)33-2)15-18(25(31)29-21-10-6-4-8-19(21)27)26(32)30-22-11-7-5-9-20(22)28/h4-13,15-16H,3,14H2,1-2H3,(H,29,31)(H,30,32). The topological polar surface area (TPSA) is 76.7 Å². The van der Waals surface area contributed by atoms with Gasteiger partial charge in [0.05, 0.1) is 25.1 Å². The van der Waals surface area contributed by atoms with Crippen molar-refractivity contribution in [2.45, 2.75) is 13.3 Å². The van der Waals surface area contributed by atoms with Crippen LogP contribution in [0.4, 0.5) is 20.2 Å². The maximum Gasteiger partial charge on any atom is 0.261 e. The molecule has 0 fully saturated rings. The van der Waals surface area contributed by atoms with Gasteiger partial charge in [-0.2, -0.15) is 0 Å². The minimum atomic E-state index is -0.871. The van der Waals surface area contributed by atoms with Crippen molar-refractivity contribution < 1.29 is 27.8 Å². The zero-order valence-electron chi connectivity index (χ0n) is 18.7. The average molecular weight is 466 g/mol. The summed E-state index contributed by atoms with van der Waals surface area (Å²) in [4.78, 5) is 26.0. The molecule has 0 radical (unpaired) electrons. The Morgan fingerprint density at radius 2 is 1.41 bits per heavy atom. The number of benzene rings is 3. The lowest BCUT2D eigenvalue weighted by atomic mass is 10.1. The van der Waals surface area contributed by atoms with Crippen molar-refractivity contribution in [1.29, 1.82) is 0 Å². The van der Waals surface area contributed by atoms with E-state index >= 15 is 0 Å². The van der Waals surface area contributed by atoms with Gasteiger partial charge in [0.2, 0.25) is 0 Å². The molecule has 0 saturated heterocycles. The van der Waals surface area contributed by atoms with Gasteiger partial charge < -0.3 is 20.1 Å². The molecule has 3 aromatic rings. The van der Waals surface area contributed by atoms with Crippen LogP contribution in [-0.2, 0) is 9.59 Å². The summed E-state index contributed by atoms with van der Waals surface area (Å²) < 4.78 is 39.1. The summed E-state index contributed by atoms with van der Waals surface area (Å²) in [5.41, 5.74) is -0.116. The molecule has 8 heteroatoms. The van der Waals surface area contributed by atoms with Crippen LogP contribution in [0.15, 0.2) is 72.3 Å². The Morgan fingerprint density at radius 3 is 1.91 bits per heavy atom. The van der Waals surface area contributed by atoms with Crippen LogP contribution in [0, 0.1) is 11.6 Å². The first-order chi connectivity index (χ1) is 16.4. The maximum absolute atomic E-state index is 14.1. The van der Waals surface area contributed by atoms with Crippen LogP contribution >= 0.6 is 0 Å². The number of para-hydroxylation sites is 2. The van der Waals surface area contributed by atoms with Gasteiger partial charge in [0.15, 0.2) is 11.5 Å². The van der Waals surface area contributed by atoms with Gasteiger partial charge in [0.1, 0.15) is 17.2 Å². The van der Waals surface area contributed by atoms with Crippen molar-refractivity contribution in [3.63, 3.8) is 0 Å². The van der Waals surface area contributed by atoms with E-state index in [2.05, 4.69) is 10.6 Å². The Hall–Kier alpha value is -4.20. The van der Waals surface area contributed by atoms with Crippen molar-refractivity contribution in [3.8, 4) is 11.5 Å². The number of amides is 2. The lowest BCUT2D eigenvalue weighted by Crippen LogP contribution is -2.26. The molecule has 0 aromatic heterocycles. The van der Waals surface area contributed by atoms with Crippen LogP contribution < -0.4 is 20.1 Å². The van der Waals surface area contributed by atoms with Gasteiger partial charge in [-0.1, -0.05) is 37.3 Å². The van der Waals surface area contributed by atoms with Gasteiger partial charge in [-0.25, -0.2) is 8.78 Å². The summed E-state index contributed by atoms with van der Waals surface area (Å²) in [5.74, 6) is -2.15. The molecular formula is C26H24F2N2O4. The maximum atomic E-state index is 14.1. The molecule has 0 aliphatic heterocycles. The summed E-state index contributed by atoms with van der Waals surface area (Å²) in [6.45, 7) is 2.46. The van der Waals surface area contributed by atoms with Gasteiger partial charge in [-0.05, 0) is 54.5 Å². The van der Waals surface area contributed by atoms with Crippen LogP contribution in [0.1, 0.15) is 18.9 Å². The zero-order valence-corrected chi connectivity index (χ0v) is 18.7. The highest BCUT2D eigenvalue weighted by molar-refractivity contribution is 6.28. The third kappa shape index (κ3) is 6.19. The van der Waals surface area contributed by atoms with Gasteiger partial charge >= 0.3 is 0 Å². The van der Waals surface area contributed by atoms with Crippen molar-refractivity contribution in [1.82, 2.24) is 0 Å². The van der Waals surface area contributed by atoms with Crippen molar-refractivity contribution in [3.05, 3.63) is 89.5 Å². The number of rotatable bonds is 9. The highest BCUT2D eigenvalue weighted by atomic mass is 19.1. The van der Waals surface area contributed by atoms with Crippen LogP contribution in [0.5, 0.6) is 11.5 Å². The summed E-state index contributed by atoms with van der Waals surface area (Å²) in [5, 5.41) is 4.77. The first kappa shape index (κ1) is 24.4. The predicted octanol–water partition coefficient (Wildman–Crippen LogP) is 5.42. The SMILES string of the molecule is CCCOc1ccc(C=C(C(=O)Nc2ccccc2F)C(=O)Nc2ccccc2F)cc1OC. The second kappa shape index (κ2) is 11.6. The van der Waals surface area contributed by atoms with E-state index in [0.29, 0.717) is 23.7 Å². The second-order valence-electron chi connectivity index (χ2n) is 7.18. The second-order valence-corrected chi connectivity index (χ2v) is 7.18. The molecule has 0 bridgehead atoms. The van der Waals surface area contributed by atoms with Gasteiger partial charge in [-0.15, -0.1) is 0 Å². The Kier molecular flexibility index (Phi) is 8.34. The number of nitrogens with one attached hydrogen (secondary N) is 2. The molecule has 2 amide bonds. The number of carbonyl (C=O) groups excluding carboxylic acids is 2. The quantitative estimate of drug-likeness (QED) is 0.251. The molecule has 34 heavy (non-hydrogen) atoms. The molecule has 0 heterocycles. The van der Waals surface area contributed by atoms with Crippen molar-refractivity contribution >= 4 is 29.3 Å². The Labute approximate surface area is 196 Å². The van der Waals surface area contributed by atoms with E-state index in [0.717, 1.165) is 6.42 Å². The zero-order chi connectivity index (χ0) is 24.5. The van der Waals surface area contributed by atoms with Crippen LogP contribution in [0.2, 0.25) is 0 Å². The van der Waals surface area contributed by atoms with E-state index < -0.39 is 23.4 Å². The highest BCUT2D eigenvalue weighted by Crippen LogP contribution is 2.29. The summed E-state index contributed by atoms with van der Waals surface area (Å²) in [7, 11) is 1.47. The monoisotopic (exact) mass is 466 g/mol. The molecule has 0 aliphatic rings. The molecular weight excluding hydrogens is 442 g/mol. The number of halogens is 2. The summed E-state index contributed by atoms with van der Waals surface area (Å²) in [6, 6.07) is 16.0. The lowest BCUT2D eigenvalue weighted by molar-refractivity contribution is -0.118.